The molecular weight excluding hydrogens is 244 g/mol. The summed E-state index contributed by atoms with van der Waals surface area (Å²) in [5.74, 6) is -0.844. The Morgan fingerprint density at radius 3 is 2.79 bits per heavy atom. The fourth-order valence-electron chi connectivity index (χ4n) is 2.90. The number of hydrogen-bond donors (Lipinski definition) is 1. The molecule has 0 aromatic carbocycles. The Morgan fingerprint density at radius 1 is 1.47 bits per heavy atom. The van der Waals surface area contributed by atoms with E-state index in [1.165, 1.54) is 0 Å². The Morgan fingerprint density at radius 2 is 2.21 bits per heavy atom. The molecule has 1 fully saturated rings. The highest BCUT2D eigenvalue weighted by Gasteiger charge is 2.44. The van der Waals surface area contributed by atoms with Crippen LogP contribution in [0.15, 0.2) is 11.8 Å². The smallest absolute Gasteiger partial charge is 0.323 e. The summed E-state index contributed by atoms with van der Waals surface area (Å²) in [6, 6.07) is 0. The summed E-state index contributed by atoms with van der Waals surface area (Å²) in [5.41, 5.74) is 0.182. The number of amides is 1. The van der Waals surface area contributed by atoms with Gasteiger partial charge in [-0.25, -0.2) is 0 Å². The van der Waals surface area contributed by atoms with Crippen LogP contribution in [0.4, 0.5) is 0 Å². The first-order valence-electron chi connectivity index (χ1n) is 6.89. The van der Waals surface area contributed by atoms with E-state index in [2.05, 4.69) is 6.08 Å². The first-order chi connectivity index (χ1) is 8.95. The normalized spacial score (nSPS) is 27.4. The number of carbonyl (C=O) groups excluding carboxylic acids is 1. The summed E-state index contributed by atoms with van der Waals surface area (Å²) in [4.78, 5) is 27.1. The quantitative estimate of drug-likeness (QED) is 0.836. The van der Waals surface area contributed by atoms with Gasteiger partial charge in [-0.15, -0.1) is 0 Å². The van der Waals surface area contributed by atoms with Gasteiger partial charge in [0.1, 0.15) is 5.54 Å². The lowest BCUT2D eigenvalue weighted by Gasteiger charge is -2.32. The van der Waals surface area contributed by atoms with Gasteiger partial charge < -0.3 is 10.0 Å². The third-order valence-corrected chi connectivity index (χ3v) is 4.40. The van der Waals surface area contributed by atoms with Crippen LogP contribution in [0.5, 0.6) is 0 Å². The second-order valence-electron chi connectivity index (χ2n) is 5.64. The molecule has 1 unspecified atom stereocenters. The van der Waals surface area contributed by atoms with Crippen LogP contribution in [0.3, 0.4) is 0 Å². The van der Waals surface area contributed by atoms with Crippen LogP contribution in [0.1, 0.15) is 39.0 Å². The minimum atomic E-state index is -0.888. The maximum Gasteiger partial charge on any atom is 0.323 e. The van der Waals surface area contributed by atoms with Crippen molar-refractivity contribution >= 4 is 11.9 Å². The third-order valence-electron chi connectivity index (χ3n) is 4.40. The molecule has 1 heterocycles. The molecule has 5 heteroatoms. The maximum absolute atomic E-state index is 12.2. The Labute approximate surface area is 113 Å². The molecule has 1 saturated heterocycles. The lowest BCUT2D eigenvalue weighted by Crippen LogP contribution is -2.51. The van der Waals surface area contributed by atoms with Crippen LogP contribution in [0.25, 0.3) is 0 Å². The second kappa shape index (κ2) is 5.33. The minimum Gasteiger partial charge on any atom is -0.480 e. The molecule has 0 saturated carbocycles. The predicted octanol–water partition coefficient (Wildman–Crippen LogP) is 1.45. The van der Waals surface area contributed by atoms with Crippen molar-refractivity contribution in [1.29, 1.82) is 0 Å². The number of hydrogen-bond acceptors (Lipinski definition) is 3. The fourth-order valence-corrected chi connectivity index (χ4v) is 2.90. The summed E-state index contributed by atoms with van der Waals surface area (Å²) in [6.45, 7) is 2.59. The number of carbonyl (C=O) groups is 2. The van der Waals surface area contributed by atoms with Crippen LogP contribution in [-0.2, 0) is 9.59 Å². The summed E-state index contributed by atoms with van der Waals surface area (Å²) in [6.07, 6.45) is 6.62. The molecule has 0 radical (unpaired) electrons. The second-order valence-corrected chi connectivity index (χ2v) is 5.64. The molecule has 0 aromatic heterocycles. The summed E-state index contributed by atoms with van der Waals surface area (Å²) < 4.78 is 0. The van der Waals surface area contributed by atoms with E-state index in [-0.39, 0.29) is 12.5 Å². The molecule has 1 aliphatic carbocycles. The lowest BCUT2D eigenvalue weighted by molar-refractivity contribution is -0.149. The van der Waals surface area contributed by atoms with Gasteiger partial charge in [0.2, 0.25) is 5.91 Å². The topological polar surface area (TPSA) is 60.9 Å². The predicted molar refractivity (Wildman–Crippen MR) is 71.6 cm³/mol. The highest BCUT2D eigenvalue weighted by Crippen LogP contribution is 2.29. The van der Waals surface area contributed by atoms with Gasteiger partial charge in [-0.05, 0) is 45.6 Å². The van der Waals surface area contributed by atoms with Crippen molar-refractivity contribution in [3.05, 3.63) is 11.8 Å². The third kappa shape index (κ3) is 2.66. The van der Waals surface area contributed by atoms with E-state index in [0.29, 0.717) is 13.0 Å². The van der Waals surface area contributed by atoms with Crippen LogP contribution < -0.4 is 0 Å². The van der Waals surface area contributed by atoms with Gasteiger partial charge in [-0.2, -0.15) is 0 Å². The van der Waals surface area contributed by atoms with Gasteiger partial charge in [-0.3, -0.25) is 14.5 Å². The molecule has 2 aliphatic rings. The Bertz CT molecular complexity index is 419. The zero-order chi connectivity index (χ0) is 14.0. The van der Waals surface area contributed by atoms with Crippen LogP contribution in [-0.4, -0.2) is 52.5 Å². The number of carboxylic acid groups (broad SMARTS) is 1. The Kier molecular flexibility index (Phi) is 3.94. The zero-order valence-electron chi connectivity index (χ0n) is 11.7. The van der Waals surface area contributed by atoms with Gasteiger partial charge in [0.05, 0.1) is 6.54 Å². The largest absolute Gasteiger partial charge is 0.480 e. The van der Waals surface area contributed by atoms with Crippen LogP contribution >= 0.6 is 0 Å². The molecular formula is C14H22N2O3. The van der Waals surface area contributed by atoms with Gasteiger partial charge in [0.25, 0.3) is 0 Å². The maximum atomic E-state index is 12.2. The Hall–Kier alpha value is -1.36. The van der Waals surface area contributed by atoms with E-state index in [4.69, 9.17) is 0 Å². The fraction of sp³-hybridized carbons (Fsp3) is 0.714. The van der Waals surface area contributed by atoms with Crippen LogP contribution in [0, 0.1) is 0 Å². The highest BCUT2D eigenvalue weighted by atomic mass is 16.4. The van der Waals surface area contributed by atoms with Gasteiger partial charge in [-0.1, -0.05) is 6.08 Å². The van der Waals surface area contributed by atoms with Crippen molar-refractivity contribution in [2.75, 3.05) is 20.1 Å². The number of likely N-dealkylation sites (N-methyl/N-ethyl adjacent to an activating group) is 1. The van der Waals surface area contributed by atoms with Crippen molar-refractivity contribution in [3.8, 4) is 0 Å². The molecule has 1 atom stereocenters. The molecule has 0 spiro atoms. The molecule has 19 heavy (non-hydrogen) atoms. The first-order valence-corrected chi connectivity index (χ1v) is 6.89. The SMILES string of the molecule is CN(C(=O)CN1CCCC1(C)C(=O)O)C1=CCCC1. The van der Waals surface area contributed by atoms with Crippen LogP contribution in [0.2, 0.25) is 0 Å². The van der Waals surface area contributed by atoms with Gasteiger partial charge in [0, 0.05) is 12.7 Å². The van der Waals surface area contributed by atoms with Crippen molar-refractivity contribution in [1.82, 2.24) is 9.80 Å². The number of likely N-dealkylation sites (tertiary alicyclic amines) is 1. The molecule has 106 valence electrons. The van der Waals surface area contributed by atoms with Crippen molar-refractivity contribution in [2.24, 2.45) is 0 Å². The standard InChI is InChI=1S/C14H22N2O3/c1-14(13(18)19)8-5-9-16(14)10-12(17)15(2)11-6-3-4-7-11/h6H,3-5,7-10H2,1-2H3,(H,18,19). The van der Waals surface area contributed by atoms with Gasteiger partial charge in [0.15, 0.2) is 0 Å². The number of rotatable bonds is 4. The summed E-state index contributed by atoms with van der Waals surface area (Å²) in [5, 5.41) is 9.33. The van der Waals surface area contributed by atoms with Crippen molar-refractivity contribution in [3.63, 3.8) is 0 Å². The van der Waals surface area contributed by atoms with E-state index in [1.54, 1.807) is 23.8 Å². The van der Waals surface area contributed by atoms with E-state index in [9.17, 15) is 14.7 Å². The first kappa shape index (κ1) is 14.1. The summed E-state index contributed by atoms with van der Waals surface area (Å²) >= 11 is 0. The lowest BCUT2D eigenvalue weighted by atomic mass is 9.99. The monoisotopic (exact) mass is 266 g/mol. The number of carboxylic acids is 1. The zero-order valence-corrected chi connectivity index (χ0v) is 11.7. The Balaban J connectivity index is 2.00. The molecule has 2 rings (SSSR count). The molecule has 0 bridgehead atoms. The molecule has 1 amide bonds. The molecule has 1 N–H and O–H groups in total. The number of allylic oxidation sites excluding steroid dienone is 2. The van der Waals surface area contributed by atoms with Gasteiger partial charge >= 0.3 is 5.97 Å². The van der Waals surface area contributed by atoms with E-state index >= 15 is 0 Å². The highest BCUT2D eigenvalue weighted by molar-refractivity contribution is 5.83. The van der Waals surface area contributed by atoms with E-state index in [1.807, 2.05) is 0 Å². The van der Waals surface area contributed by atoms with E-state index in [0.717, 1.165) is 31.4 Å². The van der Waals surface area contributed by atoms with E-state index < -0.39 is 11.5 Å². The average Bonchev–Trinajstić information content (AvgIpc) is 2.99. The molecule has 1 aliphatic heterocycles. The summed E-state index contributed by atoms with van der Waals surface area (Å²) in [7, 11) is 1.79. The molecule has 5 nitrogen and oxygen atoms in total. The minimum absolute atomic E-state index is 0.0116. The molecule has 0 aromatic rings. The number of aliphatic carboxylic acids is 1. The average molecular weight is 266 g/mol. The number of nitrogens with zero attached hydrogens (tertiary/aromatic N) is 2. The van der Waals surface area contributed by atoms with Crippen molar-refractivity contribution in [2.45, 2.75) is 44.6 Å². The van der Waals surface area contributed by atoms with Crippen molar-refractivity contribution < 1.29 is 14.7 Å².